The van der Waals surface area contributed by atoms with Gasteiger partial charge in [-0.25, -0.2) is 4.57 Å². The van der Waals surface area contributed by atoms with Crippen LogP contribution in [0.15, 0.2) is 12.3 Å². The lowest BCUT2D eigenvalue weighted by atomic mass is 10.0. The summed E-state index contributed by atoms with van der Waals surface area (Å²) < 4.78 is 33.1. The lowest BCUT2D eigenvalue weighted by Gasteiger charge is -2.19. The fraction of sp³-hybridized carbons (Fsp3) is 0.923. The molecule has 0 rings (SSSR count). The van der Waals surface area contributed by atoms with Gasteiger partial charge in [0.1, 0.15) is 6.61 Å². The average Bonchev–Trinajstić information content (AvgIpc) is 3.07. The van der Waals surface area contributed by atoms with Gasteiger partial charge in [-0.3, -0.25) is 13.8 Å². The Balaban J connectivity index is 4.04. The molecule has 0 bridgehead atoms. The van der Waals surface area contributed by atoms with E-state index < -0.39 is 13.9 Å². The van der Waals surface area contributed by atoms with Gasteiger partial charge in [0.25, 0.3) is 0 Å². The number of esters is 1. The van der Waals surface area contributed by atoms with Gasteiger partial charge in [-0.15, -0.1) is 0 Å². The highest BCUT2D eigenvalue weighted by Crippen LogP contribution is 2.43. The first-order chi connectivity index (χ1) is 23.4. The zero-order chi connectivity index (χ0) is 35.2. The Kier molecular flexibility index (Phi) is 36.6. The molecule has 0 aromatic heterocycles. The Morgan fingerprint density at radius 1 is 0.625 bits per heavy atom. The monoisotopic (exact) mass is 704 g/mol. The van der Waals surface area contributed by atoms with Gasteiger partial charge >= 0.3 is 13.8 Å². The van der Waals surface area contributed by atoms with Crippen molar-refractivity contribution in [1.29, 1.82) is 0 Å². The summed E-state index contributed by atoms with van der Waals surface area (Å²) in [7, 11) is -4.28. The first-order valence-corrected chi connectivity index (χ1v) is 21.7. The molecule has 0 saturated carbocycles. The first-order valence-electron chi connectivity index (χ1n) is 20.2. The quantitative estimate of drug-likeness (QED) is 0.0281. The van der Waals surface area contributed by atoms with Crippen LogP contribution in [0.4, 0.5) is 0 Å². The molecule has 0 amide bonds. The molecular formula is C39H78NO7P. The highest BCUT2D eigenvalue weighted by Gasteiger charge is 2.25. The minimum Gasteiger partial charge on any atom is -0.498 e. The van der Waals surface area contributed by atoms with E-state index in [-0.39, 0.29) is 32.3 Å². The van der Waals surface area contributed by atoms with Crippen molar-refractivity contribution in [2.24, 2.45) is 5.73 Å². The Bertz CT molecular complexity index is 752. The van der Waals surface area contributed by atoms with Gasteiger partial charge in [-0.05, 0) is 25.3 Å². The third-order valence-electron chi connectivity index (χ3n) is 8.78. The molecule has 9 heteroatoms. The normalized spacial score (nSPS) is 13.6. The van der Waals surface area contributed by atoms with Crippen LogP contribution in [0.1, 0.15) is 200 Å². The lowest BCUT2D eigenvalue weighted by molar-refractivity contribution is -0.153. The van der Waals surface area contributed by atoms with Crippen LogP contribution in [0, 0.1) is 0 Å². The highest BCUT2D eigenvalue weighted by molar-refractivity contribution is 7.47. The molecule has 0 aromatic rings. The maximum atomic E-state index is 12.5. The zero-order valence-electron chi connectivity index (χ0n) is 31.5. The number of rotatable bonds is 39. The van der Waals surface area contributed by atoms with Crippen LogP contribution in [-0.2, 0) is 27.9 Å². The van der Waals surface area contributed by atoms with E-state index in [4.69, 9.17) is 24.3 Å². The van der Waals surface area contributed by atoms with E-state index in [2.05, 4.69) is 13.8 Å². The molecule has 0 saturated heterocycles. The molecule has 0 aromatic carbocycles. The molecule has 0 aliphatic rings. The van der Waals surface area contributed by atoms with Crippen LogP contribution in [-0.4, -0.2) is 43.3 Å². The van der Waals surface area contributed by atoms with Crippen molar-refractivity contribution in [1.82, 2.24) is 0 Å². The Morgan fingerprint density at radius 3 is 1.48 bits per heavy atom. The predicted octanol–water partition coefficient (Wildman–Crippen LogP) is 11.9. The number of phosphoric acid groups is 1. The molecule has 48 heavy (non-hydrogen) atoms. The molecule has 0 radical (unpaired) electrons. The van der Waals surface area contributed by atoms with Crippen LogP contribution in [0.25, 0.3) is 0 Å². The van der Waals surface area contributed by atoms with Gasteiger partial charge in [-0.1, -0.05) is 174 Å². The number of allylic oxidation sites excluding steroid dienone is 1. The summed E-state index contributed by atoms with van der Waals surface area (Å²) in [6, 6.07) is 0. The van der Waals surface area contributed by atoms with Crippen molar-refractivity contribution in [3.63, 3.8) is 0 Å². The van der Waals surface area contributed by atoms with E-state index in [9.17, 15) is 14.3 Å². The summed E-state index contributed by atoms with van der Waals surface area (Å²) in [5.74, 6) is -0.351. The number of carbonyl (C=O) groups excluding carboxylic acids is 1. The van der Waals surface area contributed by atoms with E-state index in [0.29, 0.717) is 6.42 Å². The van der Waals surface area contributed by atoms with E-state index in [1.54, 1.807) is 6.26 Å². The average molecular weight is 704 g/mol. The fourth-order valence-electron chi connectivity index (χ4n) is 5.79. The number of carbonyl (C=O) groups is 1. The van der Waals surface area contributed by atoms with Gasteiger partial charge in [-0.2, -0.15) is 0 Å². The van der Waals surface area contributed by atoms with Crippen LogP contribution < -0.4 is 5.73 Å². The van der Waals surface area contributed by atoms with Crippen molar-refractivity contribution in [2.45, 2.75) is 206 Å². The number of unbranched alkanes of at least 4 members (excludes halogenated alkanes) is 26. The number of hydrogen-bond acceptors (Lipinski definition) is 7. The molecule has 0 spiro atoms. The van der Waals surface area contributed by atoms with E-state index in [0.717, 1.165) is 32.1 Å². The summed E-state index contributed by atoms with van der Waals surface area (Å²) in [6.07, 6.45) is 38.9. The fourth-order valence-corrected chi connectivity index (χ4v) is 6.55. The largest absolute Gasteiger partial charge is 0.498 e. The standard InChI is InChI=1S/C39H78NO7P/c1-3-5-7-9-11-13-15-16-17-18-19-20-21-23-25-27-29-31-34-44-36-38(37-46-48(42,43)45-35-33-40)47-39(41)32-30-28-26-24-22-14-12-10-8-6-4-2/h31,34,38H,3-30,32-33,35-37,40H2,1-2H3,(H,42,43)/b34-31+/t38-/m0/s1. The Hall–Kier alpha value is -0.920. The molecule has 1 unspecified atom stereocenters. The minimum absolute atomic E-state index is 0.0380. The zero-order valence-corrected chi connectivity index (χ0v) is 32.4. The summed E-state index contributed by atoms with van der Waals surface area (Å²) in [4.78, 5) is 22.3. The van der Waals surface area contributed by atoms with E-state index in [1.807, 2.05) is 6.08 Å². The minimum atomic E-state index is -4.28. The summed E-state index contributed by atoms with van der Waals surface area (Å²) in [5.41, 5.74) is 5.35. The Labute approximate surface area is 296 Å². The lowest BCUT2D eigenvalue weighted by Crippen LogP contribution is -2.27. The van der Waals surface area contributed by atoms with Gasteiger partial charge in [0.05, 0.1) is 19.5 Å². The Morgan fingerprint density at radius 2 is 1.04 bits per heavy atom. The first kappa shape index (κ1) is 47.1. The number of phosphoric ester groups is 1. The van der Waals surface area contributed by atoms with Crippen LogP contribution >= 0.6 is 7.82 Å². The second-order valence-electron chi connectivity index (χ2n) is 13.6. The topological polar surface area (TPSA) is 117 Å². The molecule has 0 heterocycles. The third-order valence-corrected chi connectivity index (χ3v) is 9.76. The maximum absolute atomic E-state index is 12.5. The molecule has 3 N–H and O–H groups in total. The summed E-state index contributed by atoms with van der Waals surface area (Å²) in [5, 5.41) is 0. The molecule has 0 fully saturated rings. The smallest absolute Gasteiger partial charge is 0.472 e. The van der Waals surface area contributed by atoms with Crippen LogP contribution in [0.3, 0.4) is 0 Å². The SMILES string of the molecule is CCCCCCCCCCCCCCCCCC/C=C/OC[C@@H](COP(=O)(O)OCCN)OC(=O)CCCCCCCCCCCCC. The van der Waals surface area contributed by atoms with Crippen LogP contribution in [0.2, 0.25) is 0 Å². The van der Waals surface area contributed by atoms with Crippen LogP contribution in [0.5, 0.6) is 0 Å². The molecule has 286 valence electrons. The van der Waals surface area contributed by atoms with Crippen molar-refractivity contribution in [3.05, 3.63) is 12.3 Å². The highest BCUT2D eigenvalue weighted by atomic mass is 31.2. The van der Waals surface area contributed by atoms with Gasteiger partial charge in [0.15, 0.2) is 6.10 Å². The van der Waals surface area contributed by atoms with Crippen molar-refractivity contribution >= 4 is 13.8 Å². The molecule has 8 nitrogen and oxygen atoms in total. The number of ether oxygens (including phenoxy) is 2. The number of hydrogen-bond donors (Lipinski definition) is 2. The third kappa shape index (κ3) is 36.4. The van der Waals surface area contributed by atoms with Crippen molar-refractivity contribution < 1.29 is 32.8 Å². The van der Waals surface area contributed by atoms with Gasteiger partial charge in [0, 0.05) is 13.0 Å². The van der Waals surface area contributed by atoms with Gasteiger partial charge < -0.3 is 20.1 Å². The summed E-state index contributed by atoms with van der Waals surface area (Å²) >= 11 is 0. The maximum Gasteiger partial charge on any atom is 0.472 e. The number of nitrogens with two attached hydrogens (primary N) is 1. The van der Waals surface area contributed by atoms with E-state index in [1.165, 1.54) is 148 Å². The van der Waals surface area contributed by atoms with Crippen molar-refractivity contribution in [2.75, 3.05) is 26.4 Å². The van der Waals surface area contributed by atoms with E-state index >= 15 is 0 Å². The van der Waals surface area contributed by atoms with Gasteiger partial charge in [0.2, 0.25) is 0 Å². The second kappa shape index (κ2) is 37.3. The molecule has 0 aliphatic carbocycles. The predicted molar refractivity (Wildman–Crippen MR) is 201 cm³/mol. The molecular weight excluding hydrogens is 625 g/mol. The second-order valence-corrected chi connectivity index (χ2v) is 15.0. The summed E-state index contributed by atoms with van der Waals surface area (Å²) in [6.45, 7) is 4.25. The van der Waals surface area contributed by atoms with Crippen molar-refractivity contribution in [3.8, 4) is 0 Å². The molecule has 2 atom stereocenters. The molecule has 0 aliphatic heterocycles.